The lowest BCUT2D eigenvalue weighted by atomic mass is 9.86. The zero-order valence-electron chi connectivity index (χ0n) is 14.5. The predicted molar refractivity (Wildman–Crippen MR) is 102 cm³/mol. The minimum Gasteiger partial charge on any atom is -0.328 e. The summed E-state index contributed by atoms with van der Waals surface area (Å²) in [5.74, 6) is 0.479. The Bertz CT molecular complexity index is 948. The first-order chi connectivity index (χ1) is 12.6. The Morgan fingerprint density at radius 2 is 1.92 bits per heavy atom. The van der Waals surface area contributed by atoms with E-state index in [1.807, 2.05) is 31.2 Å². The van der Waals surface area contributed by atoms with Crippen LogP contribution in [0, 0.1) is 12.8 Å². The van der Waals surface area contributed by atoms with Crippen LogP contribution in [-0.2, 0) is 4.79 Å². The van der Waals surface area contributed by atoms with Gasteiger partial charge in [0.1, 0.15) is 10.0 Å². The molecule has 7 nitrogen and oxygen atoms in total. The third-order valence-corrected chi connectivity index (χ3v) is 5.64. The van der Waals surface area contributed by atoms with Crippen molar-refractivity contribution in [3.8, 4) is 10.6 Å². The fourth-order valence-corrected chi connectivity index (χ4v) is 3.95. The number of nitrogens with one attached hydrogen (secondary N) is 1. The number of carbonyl (C=O) groups is 1. The number of fused-ring (bicyclic) bond motifs is 1. The summed E-state index contributed by atoms with van der Waals surface area (Å²) in [5.41, 5.74) is 7.67. The van der Waals surface area contributed by atoms with E-state index in [4.69, 9.17) is 5.73 Å². The molecule has 134 valence electrons. The van der Waals surface area contributed by atoms with Gasteiger partial charge in [-0.3, -0.25) is 4.79 Å². The van der Waals surface area contributed by atoms with Gasteiger partial charge in [0.25, 0.3) is 0 Å². The van der Waals surface area contributed by atoms with E-state index in [0.29, 0.717) is 5.82 Å². The molecule has 1 aromatic carbocycles. The standard InChI is InChI=1S/C18H20N6OS/c1-10-21-24-18(26-10)12-4-7-15-13(8-12)9-16(23-22-15)20-17(25)11-2-5-14(19)6-3-11/h4,7-9,11,14H,2-3,5-6,19H2,1H3,(H,20,23,25). The minimum atomic E-state index is 0.00135. The van der Waals surface area contributed by atoms with E-state index in [1.165, 1.54) is 0 Å². The summed E-state index contributed by atoms with van der Waals surface area (Å²) >= 11 is 1.54. The molecule has 2 aromatic heterocycles. The second-order valence-corrected chi connectivity index (χ2v) is 7.91. The summed E-state index contributed by atoms with van der Waals surface area (Å²) in [4.78, 5) is 12.5. The molecule has 1 fully saturated rings. The fraction of sp³-hybridized carbons (Fsp3) is 0.389. The van der Waals surface area contributed by atoms with Crippen molar-refractivity contribution in [1.82, 2.24) is 20.4 Å². The maximum absolute atomic E-state index is 12.5. The van der Waals surface area contributed by atoms with E-state index in [1.54, 1.807) is 11.3 Å². The highest BCUT2D eigenvalue weighted by atomic mass is 32.1. The first-order valence-corrected chi connectivity index (χ1v) is 9.54. The number of nitrogens with zero attached hydrogens (tertiary/aromatic N) is 4. The SMILES string of the molecule is Cc1nnc(-c2ccc3nnc(NC(=O)C4CCC(N)CC4)cc3c2)s1. The van der Waals surface area contributed by atoms with Gasteiger partial charge >= 0.3 is 0 Å². The van der Waals surface area contributed by atoms with Crippen LogP contribution in [0.25, 0.3) is 21.5 Å². The maximum Gasteiger partial charge on any atom is 0.228 e. The molecule has 1 amide bonds. The van der Waals surface area contributed by atoms with E-state index in [0.717, 1.165) is 52.2 Å². The number of hydrogen-bond acceptors (Lipinski definition) is 7. The van der Waals surface area contributed by atoms with Gasteiger partial charge in [-0.05, 0) is 56.9 Å². The minimum absolute atomic E-state index is 0.00135. The van der Waals surface area contributed by atoms with Gasteiger partial charge in [0, 0.05) is 22.9 Å². The lowest BCUT2D eigenvalue weighted by Crippen LogP contribution is -2.32. The Labute approximate surface area is 155 Å². The Kier molecular flexibility index (Phi) is 4.60. The van der Waals surface area contributed by atoms with Crippen molar-refractivity contribution in [1.29, 1.82) is 0 Å². The molecule has 0 radical (unpaired) electrons. The molecule has 4 rings (SSSR count). The van der Waals surface area contributed by atoms with Crippen LogP contribution in [0.15, 0.2) is 24.3 Å². The number of amides is 1. The van der Waals surface area contributed by atoms with Gasteiger partial charge in [0.15, 0.2) is 5.82 Å². The number of benzene rings is 1. The summed E-state index contributed by atoms with van der Waals surface area (Å²) < 4.78 is 0. The Balaban J connectivity index is 1.55. The van der Waals surface area contributed by atoms with E-state index in [-0.39, 0.29) is 17.9 Å². The highest BCUT2D eigenvalue weighted by molar-refractivity contribution is 7.14. The van der Waals surface area contributed by atoms with Gasteiger partial charge in [-0.25, -0.2) is 0 Å². The number of hydrogen-bond donors (Lipinski definition) is 2. The van der Waals surface area contributed by atoms with Crippen LogP contribution in [0.3, 0.4) is 0 Å². The van der Waals surface area contributed by atoms with Crippen molar-refractivity contribution < 1.29 is 4.79 Å². The van der Waals surface area contributed by atoms with Gasteiger partial charge in [-0.2, -0.15) is 0 Å². The van der Waals surface area contributed by atoms with Crippen molar-refractivity contribution in [2.24, 2.45) is 11.7 Å². The van der Waals surface area contributed by atoms with Crippen LogP contribution in [0.5, 0.6) is 0 Å². The summed E-state index contributed by atoms with van der Waals surface area (Å²) in [7, 11) is 0. The Morgan fingerprint density at radius 1 is 1.12 bits per heavy atom. The summed E-state index contributed by atoms with van der Waals surface area (Å²) in [6.45, 7) is 1.93. The number of anilines is 1. The fourth-order valence-electron chi connectivity index (χ4n) is 3.26. The maximum atomic E-state index is 12.5. The molecule has 1 saturated carbocycles. The Hall–Kier alpha value is -2.45. The second-order valence-electron chi connectivity index (χ2n) is 6.73. The number of carbonyl (C=O) groups excluding carboxylic acids is 1. The highest BCUT2D eigenvalue weighted by Gasteiger charge is 2.24. The molecule has 2 heterocycles. The molecule has 0 unspecified atom stereocenters. The smallest absolute Gasteiger partial charge is 0.228 e. The van der Waals surface area contributed by atoms with Crippen molar-refractivity contribution in [2.45, 2.75) is 38.6 Å². The monoisotopic (exact) mass is 368 g/mol. The predicted octanol–water partition coefficient (Wildman–Crippen LogP) is 2.91. The van der Waals surface area contributed by atoms with Crippen LogP contribution in [-0.4, -0.2) is 32.3 Å². The molecular formula is C18H20N6OS. The normalized spacial score (nSPS) is 20.2. The van der Waals surface area contributed by atoms with Crippen molar-refractivity contribution >= 4 is 34.0 Å². The topological polar surface area (TPSA) is 107 Å². The second kappa shape index (κ2) is 7.05. The molecule has 0 saturated heterocycles. The van der Waals surface area contributed by atoms with Crippen LogP contribution < -0.4 is 11.1 Å². The molecule has 0 spiro atoms. The van der Waals surface area contributed by atoms with E-state index in [2.05, 4.69) is 25.7 Å². The third-order valence-electron chi connectivity index (χ3n) is 4.75. The zero-order chi connectivity index (χ0) is 18.1. The van der Waals surface area contributed by atoms with Gasteiger partial charge < -0.3 is 11.1 Å². The molecule has 3 aromatic rings. The van der Waals surface area contributed by atoms with Crippen LogP contribution in [0.2, 0.25) is 0 Å². The average Bonchev–Trinajstić information content (AvgIpc) is 3.08. The summed E-state index contributed by atoms with van der Waals surface area (Å²) in [6.07, 6.45) is 3.45. The summed E-state index contributed by atoms with van der Waals surface area (Å²) in [6, 6.07) is 7.94. The zero-order valence-corrected chi connectivity index (χ0v) is 15.3. The number of aryl methyl sites for hydroxylation is 1. The number of nitrogens with two attached hydrogens (primary N) is 1. The lowest BCUT2D eigenvalue weighted by molar-refractivity contribution is -0.120. The number of aromatic nitrogens is 4. The van der Waals surface area contributed by atoms with Gasteiger partial charge in [0.2, 0.25) is 5.91 Å². The largest absolute Gasteiger partial charge is 0.328 e. The van der Waals surface area contributed by atoms with Crippen LogP contribution in [0.4, 0.5) is 5.82 Å². The Morgan fingerprint density at radius 3 is 2.65 bits per heavy atom. The first-order valence-electron chi connectivity index (χ1n) is 8.73. The van der Waals surface area contributed by atoms with Gasteiger partial charge in [0.05, 0.1) is 5.52 Å². The molecule has 1 aliphatic carbocycles. The van der Waals surface area contributed by atoms with Gasteiger partial charge in [-0.1, -0.05) is 11.3 Å². The highest BCUT2D eigenvalue weighted by Crippen LogP contribution is 2.27. The molecule has 0 atom stereocenters. The molecular weight excluding hydrogens is 348 g/mol. The van der Waals surface area contributed by atoms with Gasteiger partial charge in [-0.15, -0.1) is 20.4 Å². The molecule has 8 heteroatoms. The molecule has 26 heavy (non-hydrogen) atoms. The molecule has 0 bridgehead atoms. The van der Waals surface area contributed by atoms with E-state index in [9.17, 15) is 4.79 Å². The van der Waals surface area contributed by atoms with Crippen molar-refractivity contribution in [3.63, 3.8) is 0 Å². The third kappa shape index (κ3) is 3.56. The van der Waals surface area contributed by atoms with Crippen LogP contribution >= 0.6 is 11.3 Å². The first kappa shape index (κ1) is 17.0. The van der Waals surface area contributed by atoms with Crippen LogP contribution in [0.1, 0.15) is 30.7 Å². The van der Waals surface area contributed by atoms with Crippen molar-refractivity contribution in [3.05, 3.63) is 29.3 Å². The summed E-state index contributed by atoms with van der Waals surface area (Å²) in [5, 5.41) is 22.2. The van der Waals surface area contributed by atoms with Crippen molar-refractivity contribution in [2.75, 3.05) is 5.32 Å². The quantitative estimate of drug-likeness (QED) is 0.736. The van der Waals surface area contributed by atoms with E-state index < -0.39 is 0 Å². The van der Waals surface area contributed by atoms with E-state index >= 15 is 0 Å². The molecule has 3 N–H and O–H groups in total. The molecule has 0 aliphatic heterocycles. The average molecular weight is 368 g/mol. The number of rotatable bonds is 3. The lowest BCUT2D eigenvalue weighted by Gasteiger charge is -2.24. The molecule has 1 aliphatic rings.